The molecule has 0 heteroatoms. The van der Waals surface area contributed by atoms with E-state index in [1.807, 2.05) is 6.92 Å². The highest BCUT2D eigenvalue weighted by molar-refractivity contribution is 5.25. The molecule has 0 aromatic heterocycles. The van der Waals surface area contributed by atoms with Gasteiger partial charge in [-0.25, -0.2) is 0 Å². The zero-order valence-corrected chi connectivity index (χ0v) is 7.78. The highest BCUT2D eigenvalue weighted by Gasteiger charge is 2.05. The van der Waals surface area contributed by atoms with Crippen molar-refractivity contribution in [3.8, 4) is 0 Å². The second kappa shape index (κ2) is 3.05. The summed E-state index contributed by atoms with van der Waals surface area (Å²) in [6.07, 6.45) is 2.25. The second-order valence-electron chi connectivity index (χ2n) is 3.97. The van der Waals surface area contributed by atoms with Crippen molar-refractivity contribution in [3.05, 3.63) is 23.8 Å². The first-order valence-corrected chi connectivity index (χ1v) is 3.68. The maximum absolute atomic E-state index is 3.87. The maximum atomic E-state index is 3.87. The van der Waals surface area contributed by atoms with Crippen LogP contribution in [0.5, 0.6) is 0 Å². The van der Waals surface area contributed by atoms with Crippen LogP contribution in [0.2, 0.25) is 0 Å². The van der Waals surface area contributed by atoms with Crippen molar-refractivity contribution in [2.24, 2.45) is 5.41 Å². The van der Waals surface area contributed by atoms with Gasteiger partial charge in [0.1, 0.15) is 0 Å². The van der Waals surface area contributed by atoms with Crippen molar-refractivity contribution in [1.29, 1.82) is 0 Å². The van der Waals surface area contributed by atoms with Crippen LogP contribution < -0.4 is 0 Å². The molecule has 0 fully saturated rings. The first-order chi connectivity index (χ1) is 4.33. The molecule has 0 spiro atoms. The average Bonchev–Trinajstić information content (AvgIpc) is 1.60. The summed E-state index contributed by atoms with van der Waals surface area (Å²) in [4.78, 5) is 0. The minimum Gasteiger partial charge on any atom is -0.0959 e. The van der Waals surface area contributed by atoms with Crippen molar-refractivity contribution in [2.45, 2.75) is 34.6 Å². The highest BCUT2D eigenvalue weighted by atomic mass is 14.1. The van der Waals surface area contributed by atoms with Crippen LogP contribution >= 0.6 is 0 Å². The molecule has 0 unspecified atom stereocenters. The Morgan fingerprint density at radius 1 is 1.20 bits per heavy atom. The highest BCUT2D eigenvalue weighted by Crippen LogP contribution is 2.19. The number of hydrogen-bond donors (Lipinski definition) is 0. The van der Waals surface area contributed by atoms with Gasteiger partial charge in [0.25, 0.3) is 0 Å². The molecule has 0 nitrogen and oxygen atoms in total. The molecule has 0 N–H and O–H groups in total. The number of hydrogen-bond acceptors (Lipinski definition) is 0. The van der Waals surface area contributed by atoms with Gasteiger partial charge in [0.15, 0.2) is 0 Å². The Morgan fingerprint density at radius 2 is 1.60 bits per heavy atom. The molecule has 0 aliphatic carbocycles. The number of rotatable bonds is 1. The maximum Gasteiger partial charge on any atom is -0.0197 e. The van der Waals surface area contributed by atoms with Crippen molar-refractivity contribution in [2.75, 3.05) is 0 Å². The quantitative estimate of drug-likeness (QED) is 0.486. The van der Waals surface area contributed by atoms with Crippen LogP contribution in [0, 0.1) is 5.41 Å². The lowest BCUT2D eigenvalue weighted by molar-refractivity contribution is 0.540. The molecule has 0 atom stereocenters. The van der Waals surface area contributed by atoms with Gasteiger partial charge in [-0.05, 0) is 19.3 Å². The Kier molecular flexibility index (Phi) is 2.89. The van der Waals surface area contributed by atoms with E-state index in [1.54, 1.807) is 0 Å². The zero-order valence-electron chi connectivity index (χ0n) is 7.78. The summed E-state index contributed by atoms with van der Waals surface area (Å²) in [6, 6.07) is 0. The molecule has 0 aromatic carbocycles. The molecule has 10 heavy (non-hydrogen) atoms. The fourth-order valence-corrected chi connectivity index (χ4v) is 0.773. The molecular weight excluding hydrogens is 120 g/mol. The van der Waals surface area contributed by atoms with Gasteiger partial charge < -0.3 is 0 Å². The van der Waals surface area contributed by atoms with Crippen LogP contribution in [-0.2, 0) is 0 Å². The van der Waals surface area contributed by atoms with Gasteiger partial charge in [-0.1, -0.05) is 44.6 Å². The Balaban J connectivity index is 4.32. The first kappa shape index (κ1) is 9.48. The van der Waals surface area contributed by atoms with Crippen LogP contribution in [-0.4, -0.2) is 0 Å². The van der Waals surface area contributed by atoms with Gasteiger partial charge in [-0.15, -0.1) is 0 Å². The minimum atomic E-state index is 0.281. The normalized spacial score (nSPS) is 13.5. The predicted octanol–water partition coefficient (Wildman–Crippen LogP) is 3.55. The molecule has 0 aliphatic rings. The summed E-state index contributed by atoms with van der Waals surface area (Å²) in [5.74, 6) is 0. The number of allylic oxidation sites excluding steroid dienone is 3. The SMILES string of the molecule is C=C(C)/C(C)=C/C(C)(C)C. The third kappa shape index (κ3) is 4.37. The molecular formula is C10H18. The Morgan fingerprint density at radius 3 is 1.70 bits per heavy atom. The topological polar surface area (TPSA) is 0 Å². The lowest BCUT2D eigenvalue weighted by Crippen LogP contribution is -2.00. The average molecular weight is 138 g/mol. The van der Waals surface area contributed by atoms with Crippen LogP contribution in [0.4, 0.5) is 0 Å². The molecule has 0 rings (SSSR count). The van der Waals surface area contributed by atoms with E-state index in [9.17, 15) is 0 Å². The lowest BCUT2D eigenvalue weighted by Gasteiger charge is -2.13. The van der Waals surface area contributed by atoms with Gasteiger partial charge in [0, 0.05) is 0 Å². The fourth-order valence-electron chi connectivity index (χ4n) is 0.773. The van der Waals surface area contributed by atoms with Crippen LogP contribution in [0.3, 0.4) is 0 Å². The smallest absolute Gasteiger partial charge is 0.0197 e. The van der Waals surface area contributed by atoms with Crippen molar-refractivity contribution in [3.63, 3.8) is 0 Å². The summed E-state index contributed by atoms with van der Waals surface area (Å²) in [7, 11) is 0. The van der Waals surface area contributed by atoms with Crippen molar-refractivity contribution >= 4 is 0 Å². The fraction of sp³-hybridized carbons (Fsp3) is 0.600. The van der Waals surface area contributed by atoms with Gasteiger partial charge >= 0.3 is 0 Å². The van der Waals surface area contributed by atoms with E-state index < -0.39 is 0 Å². The molecule has 0 aliphatic heterocycles. The molecule has 0 heterocycles. The van der Waals surface area contributed by atoms with Crippen molar-refractivity contribution < 1.29 is 0 Å². The van der Waals surface area contributed by atoms with Crippen LogP contribution in [0.15, 0.2) is 23.8 Å². The van der Waals surface area contributed by atoms with E-state index in [0.717, 1.165) is 5.57 Å². The van der Waals surface area contributed by atoms with E-state index in [-0.39, 0.29) is 5.41 Å². The summed E-state index contributed by atoms with van der Waals surface area (Å²) >= 11 is 0. The van der Waals surface area contributed by atoms with E-state index >= 15 is 0 Å². The third-order valence-electron chi connectivity index (χ3n) is 1.32. The Bertz CT molecular complexity index is 153. The van der Waals surface area contributed by atoms with E-state index in [1.165, 1.54) is 5.57 Å². The molecule has 0 saturated heterocycles. The Labute approximate surface area is 64.6 Å². The second-order valence-corrected chi connectivity index (χ2v) is 3.97. The molecule has 0 radical (unpaired) electrons. The first-order valence-electron chi connectivity index (χ1n) is 3.68. The van der Waals surface area contributed by atoms with Crippen molar-refractivity contribution in [1.82, 2.24) is 0 Å². The van der Waals surface area contributed by atoms with E-state index in [2.05, 4.69) is 40.3 Å². The monoisotopic (exact) mass is 138 g/mol. The molecule has 0 aromatic rings. The molecule has 0 saturated carbocycles. The molecule has 0 bridgehead atoms. The minimum absolute atomic E-state index is 0.281. The third-order valence-corrected chi connectivity index (χ3v) is 1.32. The van der Waals surface area contributed by atoms with Gasteiger partial charge in [-0.3, -0.25) is 0 Å². The van der Waals surface area contributed by atoms with Crippen LogP contribution in [0.1, 0.15) is 34.6 Å². The Hall–Kier alpha value is -0.520. The molecule has 0 amide bonds. The van der Waals surface area contributed by atoms with E-state index in [0.29, 0.717) is 0 Å². The largest absolute Gasteiger partial charge is 0.0959 e. The van der Waals surface area contributed by atoms with E-state index in [4.69, 9.17) is 0 Å². The van der Waals surface area contributed by atoms with Gasteiger partial charge in [0.05, 0.1) is 0 Å². The summed E-state index contributed by atoms with van der Waals surface area (Å²) < 4.78 is 0. The van der Waals surface area contributed by atoms with Gasteiger partial charge in [0.2, 0.25) is 0 Å². The summed E-state index contributed by atoms with van der Waals surface area (Å²) in [6.45, 7) is 14.6. The van der Waals surface area contributed by atoms with Crippen LogP contribution in [0.25, 0.3) is 0 Å². The van der Waals surface area contributed by atoms with Gasteiger partial charge in [-0.2, -0.15) is 0 Å². The lowest BCUT2D eigenvalue weighted by atomic mass is 9.92. The standard InChI is InChI=1S/C10H18/c1-8(2)9(3)7-10(4,5)6/h7H,1H2,2-6H3/b9-7+. The predicted molar refractivity (Wildman–Crippen MR) is 48.0 cm³/mol. The zero-order chi connectivity index (χ0) is 8.36. The molecule has 58 valence electrons. The summed E-state index contributed by atoms with van der Waals surface area (Å²) in [5, 5.41) is 0. The summed E-state index contributed by atoms with van der Waals surface area (Å²) in [5.41, 5.74) is 2.74.